The second-order valence-electron chi connectivity index (χ2n) is 4.37. The Labute approximate surface area is 112 Å². The monoisotopic (exact) mass is 256 g/mol. The zero-order chi connectivity index (χ0) is 13.0. The second-order valence-corrected chi connectivity index (χ2v) is 5.39. The van der Waals surface area contributed by atoms with E-state index in [2.05, 4.69) is 32.0 Å². The molecule has 18 heavy (non-hydrogen) atoms. The van der Waals surface area contributed by atoms with Gasteiger partial charge in [0.05, 0.1) is 0 Å². The molecule has 0 N–H and O–H groups in total. The number of carbonyl (C=O) groups is 1. The zero-order valence-electron chi connectivity index (χ0n) is 10.6. The van der Waals surface area contributed by atoms with Gasteiger partial charge in [0.2, 0.25) is 0 Å². The summed E-state index contributed by atoms with van der Waals surface area (Å²) in [5.41, 5.74) is 4.44. The van der Waals surface area contributed by atoms with Gasteiger partial charge < -0.3 is 0 Å². The Morgan fingerprint density at radius 3 is 2.67 bits per heavy atom. The molecule has 0 saturated heterocycles. The minimum Gasteiger partial charge on any atom is -0.298 e. The Morgan fingerprint density at radius 1 is 1.11 bits per heavy atom. The van der Waals surface area contributed by atoms with Crippen molar-refractivity contribution in [3.8, 4) is 0 Å². The Hall–Kier alpha value is -1.54. The van der Waals surface area contributed by atoms with Gasteiger partial charge in [-0.05, 0) is 31.0 Å². The number of aldehydes is 1. The normalized spacial score (nSPS) is 10.3. The maximum absolute atomic E-state index is 11.0. The number of aryl methyl sites for hydroxylation is 2. The average Bonchev–Trinajstić information content (AvgIpc) is 2.40. The third-order valence-corrected chi connectivity index (χ3v) is 4.12. The molecule has 0 atom stereocenters. The molecule has 0 aromatic heterocycles. The molecule has 0 amide bonds. The van der Waals surface area contributed by atoms with E-state index in [1.54, 1.807) is 11.8 Å². The van der Waals surface area contributed by atoms with Crippen LogP contribution in [0.2, 0.25) is 0 Å². The van der Waals surface area contributed by atoms with Gasteiger partial charge in [0.15, 0.2) is 0 Å². The fourth-order valence-electron chi connectivity index (χ4n) is 1.80. The van der Waals surface area contributed by atoms with Gasteiger partial charge in [-0.3, -0.25) is 4.79 Å². The highest BCUT2D eigenvalue weighted by Crippen LogP contribution is 2.27. The van der Waals surface area contributed by atoms with Gasteiger partial charge >= 0.3 is 0 Å². The Morgan fingerprint density at radius 2 is 1.89 bits per heavy atom. The molecule has 0 fully saturated rings. The number of hydrogen-bond acceptors (Lipinski definition) is 2. The van der Waals surface area contributed by atoms with Gasteiger partial charge in [0, 0.05) is 16.2 Å². The largest absolute Gasteiger partial charge is 0.298 e. The lowest BCUT2D eigenvalue weighted by molar-refractivity contribution is 0.112. The van der Waals surface area contributed by atoms with Crippen LogP contribution in [-0.2, 0) is 5.75 Å². The molecule has 0 heterocycles. The lowest BCUT2D eigenvalue weighted by Crippen LogP contribution is -1.90. The van der Waals surface area contributed by atoms with Crippen LogP contribution in [0.3, 0.4) is 0 Å². The van der Waals surface area contributed by atoms with Crippen LogP contribution < -0.4 is 0 Å². The van der Waals surface area contributed by atoms with E-state index in [1.807, 2.05) is 24.3 Å². The fourth-order valence-corrected chi connectivity index (χ4v) is 2.94. The van der Waals surface area contributed by atoms with Crippen LogP contribution in [0.15, 0.2) is 47.4 Å². The molecule has 2 aromatic rings. The zero-order valence-corrected chi connectivity index (χ0v) is 11.5. The van der Waals surface area contributed by atoms with E-state index in [1.165, 1.54) is 16.0 Å². The third kappa shape index (κ3) is 3.02. The topological polar surface area (TPSA) is 17.1 Å². The van der Waals surface area contributed by atoms with Crippen LogP contribution in [0.5, 0.6) is 0 Å². The molecule has 92 valence electrons. The predicted molar refractivity (Wildman–Crippen MR) is 77.3 cm³/mol. The number of thioether (sulfide) groups is 1. The summed E-state index contributed by atoms with van der Waals surface area (Å²) in [6.45, 7) is 4.22. The summed E-state index contributed by atoms with van der Waals surface area (Å²) >= 11 is 1.78. The first-order valence-corrected chi connectivity index (χ1v) is 6.92. The van der Waals surface area contributed by atoms with Gasteiger partial charge in [-0.1, -0.05) is 42.0 Å². The van der Waals surface area contributed by atoms with Crippen molar-refractivity contribution in [2.45, 2.75) is 24.5 Å². The summed E-state index contributed by atoms with van der Waals surface area (Å²) in [5.74, 6) is 0.833. The minimum atomic E-state index is 0.787. The molecule has 0 bridgehead atoms. The van der Waals surface area contributed by atoms with E-state index < -0.39 is 0 Å². The Kier molecular flexibility index (Phi) is 4.21. The number of rotatable bonds is 4. The first kappa shape index (κ1) is 12.9. The first-order valence-electron chi connectivity index (χ1n) is 5.94. The molecule has 2 aromatic carbocycles. The van der Waals surface area contributed by atoms with Crippen molar-refractivity contribution < 1.29 is 4.79 Å². The molecular formula is C16H16OS. The molecule has 0 spiro atoms. The molecule has 0 unspecified atom stereocenters. The van der Waals surface area contributed by atoms with Crippen LogP contribution in [-0.4, -0.2) is 6.29 Å². The summed E-state index contributed by atoms with van der Waals surface area (Å²) in [7, 11) is 0. The SMILES string of the molecule is Cc1ccc(C)c(SCc2ccccc2C=O)c1. The highest BCUT2D eigenvalue weighted by molar-refractivity contribution is 7.98. The quantitative estimate of drug-likeness (QED) is 0.595. The van der Waals surface area contributed by atoms with Gasteiger partial charge in [-0.15, -0.1) is 11.8 Å². The lowest BCUT2D eigenvalue weighted by atomic mass is 10.1. The number of carbonyl (C=O) groups excluding carboxylic acids is 1. The fraction of sp³-hybridized carbons (Fsp3) is 0.188. The summed E-state index contributed by atoms with van der Waals surface area (Å²) in [6, 6.07) is 14.2. The number of hydrogen-bond donors (Lipinski definition) is 0. The summed E-state index contributed by atoms with van der Waals surface area (Å²) < 4.78 is 0. The van der Waals surface area contributed by atoms with Gasteiger partial charge in [-0.25, -0.2) is 0 Å². The van der Waals surface area contributed by atoms with Gasteiger partial charge in [0.25, 0.3) is 0 Å². The average molecular weight is 256 g/mol. The smallest absolute Gasteiger partial charge is 0.150 e. The van der Waals surface area contributed by atoms with Crippen LogP contribution in [0, 0.1) is 13.8 Å². The van der Waals surface area contributed by atoms with Crippen LogP contribution in [0.1, 0.15) is 27.0 Å². The molecule has 0 aliphatic heterocycles. The molecule has 0 radical (unpaired) electrons. The van der Waals surface area contributed by atoms with E-state index >= 15 is 0 Å². The van der Waals surface area contributed by atoms with Crippen LogP contribution in [0.25, 0.3) is 0 Å². The molecule has 0 aliphatic rings. The molecule has 0 saturated carbocycles. The highest BCUT2D eigenvalue weighted by Gasteiger charge is 2.04. The van der Waals surface area contributed by atoms with Crippen molar-refractivity contribution in [2.24, 2.45) is 0 Å². The second kappa shape index (κ2) is 5.87. The summed E-state index contributed by atoms with van der Waals surface area (Å²) in [4.78, 5) is 12.2. The maximum atomic E-state index is 11.0. The highest BCUT2D eigenvalue weighted by atomic mass is 32.2. The van der Waals surface area contributed by atoms with Crippen molar-refractivity contribution in [1.29, 1.82) is 0 Å². The number of benzene rings is 2. The van der Waals surface area contributed by atoms with Crippen molar-refractivity contribution in [1.82, 2.24) is 0 Å². The Balaban J connectivity index is 2.16. The van der Waals surface area contributed by atoms with E-state index in [9.17, 15) is 4.79 Å². The molecule has 0 aliphatic carbocycles. The molecular weight excluding hydrogens is 240 g/mol. The van der Waals surface area contributed by atoms with E-state index in [0.717, 1.165) is 23.2 Å². The van der Waals surface area contributed by atoms with Crippen molar-refractivity contribution >= 4 is 18.0 Å². The maximum Gasteiger partial charge on any atom is 0.150 e. The van der Waals surface area contributed by atoms with Crippen molar-refractivity contribution in [3.63, 3.8) is 0 Å². The molecule has 2 heteroatoms. The predicted octanol–water partition coefficient (Wildman–Crippen LogP) is 4.41. The summed E-state index contributed by atoms with van der Waals surface area (Å²) in [6.07, 6.45) is 0.930. The molecule has 2 rings (SSSR count). The van der Waals surface area contributed by atoms with Gasteiger partial charge in [-0.2, -0.15) is 0 Å². The third-order valence-electron chi connectivity index (χ3n) is 2.91. The van der Waals surface area contributed by atoms with Crippen molar-refractivity contribution in [3.05, 3.63) is 64.7 Å². The molecule has 1 nitrogen and oxygen atoms in total. The lowest BCUT2D eigenvalue weighted by Gasteiger charge is -2.08. The standard InChI is InChI=1S/C16H16OS/c1-12-7-8-13(2)16(9-12)18-11-15-6-4-3-5-14(15)10-17/h3-10H,11H2,1-2H3. The van der Waals surface area contributed by atoms with Gasteiger partial charge in [0.1, 0.15) is 6.29 Å². The van der Waals surface area contributed by atoms with Crippen LogP contribution >= 0.6 is 11.8 Å². The van der Waals surface area contributed by atoms with E-state index in [4.69, 9.17) is 0 Å². The minimum absolute atomic E-state index is 0.787. The van der Waals surface area contributed by atoms with E-state index in [0.29, 0.717) is 0 Å². The van der Waals surface area contributed by atoms with Crippen molar-refractivity contribution in [2.75, 3.05) is 0 Å². The van der Waals surface area contributed by atoms with Crippen LogP contribution in [0.4, 0.5) is 0 Å². The van der Waals surface area contributed by atoms with E-state index in [-0.39, 0.29) is 0 Å². The Bertz CT molecular complexity index is 561. The summed E-state index contributed by atoms with van der Waals surface area (Å²) in [5, 5.41) is 0. The first-order chi connectivity index (χ1) is 8.70.